The van der Waals surface area contributed by atoms with Crippen LogP contribution in [0.25, 0.3) is 0 Å². The third-order valence-electron chi connectivity index (χ3n) is 3.27. The SMILES string of the molecule is Cc1ccc(NC(=O)N2CCC[C@H]2C(=O)O)c(C)n1. The molecule has 0 aromatic carbocycles. The molecule has 1 atom stereocenters. The number of aromatic nitrogens is 1. The quantitative estimate of drug-likeness (QED) is 0.852. The number of aliphatic carboxylic acids is 1. The number of rotatable bonds is 2. The lowest BCUT2D eigenvalue weighted by Crippen LogP contribution is -2.42. The van der Waals surface area contributed by atoms with E-state index in [2.05, 4.69) is 10.3 Å². The number of hydrogen-bond donors (Lipinski definition) is 2. The molecule has 1 saturated heterocycles. The van der Waals surface area contributed by atoms with Crippen LogP contribution < -0.4 is 5.32 Å². The maximum absolute atomic E-state index is 12.1. The minimum atomic E-state index is -0.952. The number of carboxylic acid groups (broad SMARTS) is 1. The van der Waals surface area contributed by atoms with Crippen LogP contribution in [0.2, 0.25) is 0 Å². The summed E-state index contributed by atoms with van der Waals surface area (Å²) in [5.41, 5.74) is 2.21. The summed E-state index contributed by atoms with van der Waals surface area (Å²) in [6.07, 6.45) is 1.23. The van der Waals surface area contributed by atoms with Gasteiger partial charge in [0.25, 0.3) is 0 Å². The van der Waals surface area contributed by atoms with Gasteiger partial charge in [-0.2, -0.15) is 0 Å². The van der Waals surface area contributed by atoms with E-state index >= 15 is 0 Å². The lowest BCUT2D eigenvalue weighted by molar-refractivity contribution is -0.141. The molecule has 102 valence electrons. The van der Waals surface area contributed by atoms with E-state index in [4.69, 9.17) is 5.11 Å². The maximum Gasteiger partial charge on any atom is 0.326 e. The van der Waals surface area contributed by atoms with Crippen molar-refractivity contribution in [2.75, 3.05) is 11.9 Å². The molecule has 1 aliphatic rings. The first kappa shape index (κ1) is 13.3. The molecule has 0 bridgehead atoms. The van der Waals surface area contributed by atoms with Gasteiger partial charge in [-0.3, -0.25) is 4.98 Å². The number of aryl methyl sites for hydroxylation is 2. The van der Waals surface area contributed by atoms with E-state index in [-0.39, 0.29) is 6.03 Å². The number of carboxylic acids is 1. The number of likely N-dealkylation sites (tertiary alicyclic amines) is 1. The minimum Gasteiger partial charge on any atom is -0.480 e. The molecular formula is C13H17N3O3. The monoisotopic (exact) mass is 263 g/mol. The molecule has 0 radical (unpaired) electrons. The Balaban J connectivity index is 2.10. The lowest BCUT2D eigenvalue weighted by Gasteiger charge is -2.22. The van der Waals surface area contributed by atoms with Crippen LogP contribution >= 0.6 is 0 Å². The van der Waals surface area contributed by atoms with Crippen LogP contribution in [0.5, 0.6) is 0 Å². The van der Waals surface area contributed by atoms with Crippen LogP contribution in [-0.2, 0) is 4.79 Å². The molecule has 1 aromatic rings. The summed E-state index contributed by atoms with van der Waals surface area (Å²) >= 11 is 0. The second-order valence-corrected chi connectivity index (χ2v) is 4.71. The smallest absolute Gasteiger partial charge is 0.326 e. The van der Waals surface area contributed by atoms with Gasteiger partial charge in [0.05, 0.1) is 11.4 Å². The molecule has 0 saturated carbocycles. The molecule has 2 rings (SSSR count). The van der Waals surface area contributed by atoms with E-state index in [1.54, 1.807) is 19.1 Å². The largest absolute Gasteiger partial charge is 0.480 e. The van der Waals surface area contributed by atoms with Crippen LogP contribution in [0.4, 0.5) is 10.5 Å². The van der Waals surface area contributed by atoms with Crippen LogP contribution in [0.3, 0.4) is 0 Å². The number of nitrogens with one attached hydrogen (secondary N) is 1. The highest BCUT2D eigenvalue weighted by Gasteiger charge is 2.34. The highest BCUT2D eigenvalue weighted by Crippen LogP contribution is 2.20. The van der Waals surface area contributed by atoms with Crippen molar-refractivity contribution < 1.29 is 14.7 Å². The molecule has 2 heterocycles. The van der Waals surface area contributed by atoms with Gasteiger partial charge in [0.1, 0.15) is 6.04 Å². The zero-order chi connectivity index (χ0) is 14.0. The first-order chi connectivity index (χ1) is 8.99. The summed E-state index contributed by atoms with van der Waals surface area (Å²) in [5.74, 6) is -0.952. The molecule has 2 N–H and O–H groups in total. The van der Waals surface area contributed by atoms with E-state index in [0.29, 0.717) is 18.7 Å². The Labute approximate surface area is 111 Å². The molecule has 19 heavy (non-hydrogen) atoms. The van der Waals surface area contributed by atoms with Gasteiger partial charge in [0.2, 0.25) is 0 Å². The maximum atomic E-state index is 12.1. The van der Waals surface area contributed by atoms with Crippen molar-refractivity contribution in [1.82, 2.24) is 9.88 Å². The van der Waals surface area contributed by atoms with Gasteiger partial charge in [-0.15, -0.1) is 0 Å². The van der Waals surface area contributed by atoms with Crippen molar-refractivity contribution >= 4 is 17.7 Å². The number of anilines is 1. The van der Waals surface area contributed by atoms with Gasteiger partial charge in [-0.25, -0.2) is 9.59 Å². The van der Waals surface area contributed by atoms with E-state index in [9.17, 15) is 9.59 Å². The molecule has 0 spiro atoms. The highest BCUT2D eigenvalue weighted by atomic mass is 16.4. The predicted octanol–water partition coefficient (Wildman–Crippen LogP) is 1.78. The average Bonchev–Trinajstić information content (AvgIpc) is 2.82. The van der Waals surface area contributed by atoms with Gasteiger partial charge in [-0.1, -0.05) is 0 Å². The summed E-state index contributed by atoms with van der Waals surface area (Å²) < 4.78 is 0. The summed E-state index contributed by atoms with van der Waals surface area (Å²) in [6.45, 7) is 4.15. The summed E-state index contributed by atoms with van der Waals surface area (Å²) in [4.78, 5) is 28.8. The lowest BCUT2D eigenvalue weighted by atomic mass is 10.2. The van der Waals surface area contributed by atoms with Crippen molar-refractivity contribution in [2.24, 2.45) is 0 Å². The Hall–Kier alpha value is -2.11. The third kappa shape index (κ3) is 2.83. The van der Waals surface area contributed by atoms with Crippen molar-refractivity contribution in [3.8, 4) is 0 Å². The predicted molar refractivity (Wildman–Crippen MR) is 70.1 cm³/mol. The molecule has 1 fully saturated rings. The Kier molecular flexibility index (Phi) is 3.69. The molecule has 1 aromatic heterocycles. The van der Waals surface area contributed by atoms with Gasteiger partial charge < -0.3 is 15.3 Å². The fourth-order valence-corrected chi connectivity index (χ4v) is 2.27. The highest BCUT2D eigenvalue weighted by molar-refractivity contribution is 5.93. The second-order valence-electron chi connectivity index (χ2n) is 4.71. The fraction of sp³-hybridized carbons (Fsp3) is 0.462. The Bertz CT molecular complexity index is 516. The Morgan fingerprint density at radius 2 is 2.16 bits per heavy atom. The fourth-order valence-electron chi connectivity index (χ4n) is 2.27. The zero-order valence-corrected chi connectivity index (χ0v) is 11.0. The number of carbonyl (C=O) groups is 2. The molecule has 0 aliphatic carbocycles. The summed E-state index contributed by atoms with van der Waals surface area (Å²) in [5, 5.41) is 11.8. The van der Waals surface area contributed by atoms with Gasteiger partial charge in [0.15, 0.2) is 0 Å². The van der Waals surface area contributed by atoms with Crippen LogP contribution in [0, 0.1) is 13.8 Å². The van der Waals surface area contributed by atoms with E-state index < -0.39 is 12.0 Å². The first-order valence-corrected chi connectivity index (χ1v) is 6.23. The molecule has 1 aliphatic heterocycles. The van der Waals surface area contributed by atoms with Gasteiger partial charge in [0, 0.05) is 12.2 Å². The standard InChI is InChI=1S/C13H17N3O3/c1-8-5-6-10(9(2)14-8)15-13(19)16-7-3-4-11(16)12(17)18/h5-6,11H,3-4,7H2,1-2H3,(H,15,19)(H,17,18)/t11-/m0/s1. The van der Waals surface area contributed by atoms with Gasteiger partial charge in [-0.05, 0) is 38.8 Å². The number of urea groups is 1. The van der Waals surface area contributed by atoms with Crippen molar-refractivity contribution in [3.63, 3.8) is 0 Å². The van der Waals surface area contributed by atoms with E-state index in [0.717, 1.165) is 17.8 Å². The van der Waals surface area contributed by atoms with E-state index in [1.165, 1.54) is 4.90 Å². The topological polar surface area (TPSA) is 82.5 Å². The summed E-state index contributed by atoms with van der Waals surface area (Å²) in [6, 6.07) is 2.49. The number of carbonyl (C=O) groups excluding carboxylic acids is 1. The number of nitrogens with zero attached hydrogens (tertiary/aromatic N) is 2. The average molecular weight is 263 g/mol. The third-order valence-corrected chi connectivity index (χ3v) is 3.27. The van der Waals surface area contributed by atoms with Crippen molar-refractivity contribution in [2.45, 2.75) is 32.7 Å². The molecule has 0 unspecified atom stereocenters. The number of amides is 2. The second kappa shape index (κ2) is 5.26. The van der Waals surface area contributed by atoms with Crippen LogP contribution in [0.1, 0.15) is 24.2 Å². The van der Waals surface area contributed by atoms with Gasteiger partial charge >= 0.3 is 12.0 Å². The minimum absolute atomic E-state index is 0.376. The number of pyridine rings is 1. The van der Waals surface area contributed by atoms with Crippen LogP contribution in [-0.4, -0.2) is 39.6 Å². The van der Waals surface area contributed by atoms with E-state index in [1.807, 2.05) is 6.92 Å². The number of hydrogen-bond acceptors (Lipinski definition) is 3. The molecule has 6 nitrogen and oxygen atoms in total. The van der Waals surface area contributed by atoms with Crippen LogP contribution in [0.15, 0.2) is 12.1 Å². The Morgan fingerprint density at radius 3 is 2.79 bits per heavy atom. The molecular weight excluding hydrogens is 246 g/mol. The Morgan fingerprint density at radius 1 is 1.42 bits per heavy atom. The zero-order valence-electron chi connectivity index (χ0n) is 11.0. The van der Waals surface area contributed by atoms with Crippen molar-refractivity contribution in [3.05, 3.63) is 23.5 Å². The summed E-state index contributed by atoms with van der Waals surface area (Å²) in [7, 11) is 0. The first-order valence-electron chi connectivity index (χ1n) is 6.23. The molecule has 2 amide bonds. The normalized spacial score (nSPS) is 18.4. The van der Waals surface area contributed by atoms with Crippen molar-refractivity contribution in [1.29, 1.82) is 0 Å². The molecule has 6 heteroatoms.